The fourth-order valence-corrected chi connectivity index (χ4v) is 4.58. The lowest BCUT2D eigenvalue weighted by Crippen LogP contribution is -2.40. The lowest BCUT2D eigenvalue weighted by molar-refractivity contribution is 0.0922. The predicted octanol–water partition coefficient (Wildman–Crippen LogP) is 3.21. The van der Waals surface area contributed by atoms with Crippen molar-refractivity contribution in [3.05, 3.63) is 41.3 Å². The van der Waals surface area contributed by atoms with Crippen molar-refractivity contribution >= 4 is 5.91 Å². The topological polar surface area (TPSA) is 76.8 Å². The zero-order valence-electron chi connectivity index (χ0n) is 17.6. The predicted molar refractivity (Wildman–Crippen MR) is 111 cm³/mol. The molecule has 1 aromatic carbocycles. The smallest absolute Gasteiger partial charge is 0.273 e. The van der Waals surface area contributed by atoms with E-state index >= 15 is 0 Å². The SMILES string of the molecule is CC(Cc1ccc2c(c1)OCO2)CN1CC(NC(=O)c2cc(C3CC3)on2)[C@@H](C)C1. The van der Waals surface area contributed by atoms with Crippen LogP contribution in [-0.4, -0.2) is 48.4 Å². The molecule has 30 heavy (non-hydrogen) atoms. The molecule has 0 radical (unpaired) electrons. The molecule has 7 nitrogen and oxygen atoms in total. The van der Waals surface area contributed by atoms with Crippen molar-refractivity contribution in [1.82, 2.24) is 15.4 Å². The number of aromatic nitrogens is 1. The van der Waals surface area contributed by atoms with Crippen LogP contribution in [0.2, 0.25) is 0 Å². The van der Waals surface area contributed by atoms with Crippen molar-refractivity contribution in [2.45, 2.75) is 45.1 Å². The van der Waals surface area contributed by atoms with Gasteiger partial charge in [-0.3, -0.25) is 4.79 Å². The van der Waals surface area contributed by atoms with Crippen molar-refractivity contribution in [2.75, 3.05) is 26.4 Å². The lowest BCUT2D eigenvalue weighted by atomic mass is 10.0. The number of amides is 1. The molecular weight excluding hydrogens is 382 g/mol. The Bertz CT molecular complexity index is 923. The maximum atomic E-state index is 12.6. The summed E-state index contributed by atoms with van der Waals surface area (Å²) < 4.78 is 16.2. The van der Waals surface area contributed by atoms with Crippen LogP contribution in [0.1, 0.15) is 54.4 Å². The number of likely N-dealkylation sites (tertiary alicyclic amines) is 1. The zero-order valence-corrected chi connectivity index (χ0v) is 17.6. The van der Waals surface area contributed by atoms with Crippen molar-refractivity contribution in [1.29, 1.82) is 0 Å². The normalized spacial score (nSPS) is 24.2. The Morgan fingerprint density at radius 3 is 2.90 bits per heavy atom. The summed E-state index contributed by atoms with van der Waals surface area (Å²) in [5, 5.41) is 7.13. The molecule has 1 aliphatic carbocycles. The highest BCUT2D eigenvalue weighted by molar-refractivity contribution is 5.92. The first-order valence-corrected chi connectivity index (χ1v) is 10.9. The Morgan fingerprint density at radius 1 is 1.23 bits per heavy atom. The van der Waals surface area contributed by atoms with Gasteiger partial charge in [0.05, 0.1) is 0 Å². The average molecular weight is 412 g/mol. The third kappa shape index (κ3) is 4.17. The van der Waals surface area contributed by atoms with Crippen LogP contribution >= 0.6 is 0 Å². The van der Waals surface area contributed by atoms with E-state index in [1.54, 1.807) is 6.07 Å². The molecule has 2 fully saturated rings. The Morgan fingerprint density at radius 2 is 2.07 bits per heavy atom. The Labute approximate surface area is 176 Å². The number of carbonyl (C=O) groups is 1. The summed E-state index contributed by atoms with van der Waals surface area (Å²) in [5.74, 6) is 3.76. The second kappa shape index (κ2) is 7.95. The minimum atomic E-state index is -0.127. The van der Waals surface area contributed by atoms with Crippen LogP contribution in [-0.2, 0) is 6.42 Å². The maximum absolute atomic E-state index is 12.6. The van der Waals surface area contributed by atoms with E-state index in [-0.39, 0.29) is 11.9 Å². The molecule has 0 spiro atoms. The maximum Gasteiger partial charge on any atom is 0.273 e. The van der Waals surface area contributed by atoms with E-state index in [2.05, 4.69) is 41.4 Å². The summed E-state index contributed by atoms with van der Waals surface area (Å²) in [4.78, 5) is 15.0. The van der Waals surface area contributed by atoms with E-state index in [4.69, 9.17) is 14.0 Å². The number of hydrogen-bond acceptors (Lipinski definition) is 6. The number of rotatable bonds is 7. The molecule has 1 amide bonds. The third-order valence-corrected chi connectivity index (χ3v) is 6.34. The van der Waals surface area contributed by atoms with Gasteiger partial charge in [-0.2, -0.15) is 0 Å². The van der Waals surface area contributed by atoms with Gasteiger partial charge in [0.1, 0.15) is 5.76 Å². The first kappa shape index (κ1) is 19.4. The summed E-state index contributed by atoms with van der Waals surface area (Å²) in [6.07, 6.45) is 3.26. The van der Waals surface area contributed by atoms with Crippen LogP contribution in [0, 0.1) is 11.8 Å². The summed E-state index contributed by atoms with van der Waals surface area (Å²) in [6.45, 7) is 7.64. The molecule has 160 valence electrons. The second-order valence-corrected chi connectivity index (χ2v) is 9.16. The molecule has 1 N–H and O–H groups in total. The Balaban J connectivity index is 1.12. The molecule has 1 aromatic heterocycles. The standard InChI is InChI=1S/C23H29N3O4/c1-14(7-16-3-6-20-22(8-16)29-13-28-20)10-26-11-15(2)19(12-26)24-23(27)18-9-21(30-25-18)17-4-5-17/h3,6,8-9,14-15,17,19H,4-5,7,10-13H2,1-2H3,(H,24,27)/t14?,15-,19?/m0/s1. The minimum absolute atomic E-state index is 0.127. The quantitative estimate of drug-likeness (QED) is 0.754. The van der Waals surface area contributed by atoms with Gasteiger partial charge in [-0.15, -0.1) is 0 Å². The van der Waals surface area contributed by atoms with E-state index in [1.165, 1.54) is 5.56 Å². The molecule has 3 aliphatic rings. The molecule has 3 atom stereocenters. The van der Waals surface area contributed by atoms with Gasteiger partial charge in [0.2, 0.25) is 6.79 Å². The molecule has 5 rings (SSSR count). The first-order valence-electron chi connectivity index (χ1n) is 10.9. The second-order valence-electron chi connectivity index (χ2n) is 9.16. The molecule has 1 saturated carbocycles. The first-order chi connectivity index (χ1) is 14.5. The van der Waals surface area contributed by atoms with Crippen LogP contribution < -0.4 is 14.8 Å². The number of hydrogen-bond donors (Lipinski definition) is 1. The van der Waals surface area contributed by atoms with Gasteiger partial charge in [-0.05, 0) is 48.8 Å². The molecule has 2 unspecified atom stereocenters. The Hall–Kier alpha value is -2.54. The van der Waals surface area contributed by atoms with Gasteiger partial charge >= 0.3 is 0 Å². The molecule has 7 heteroatoms. The molecule has 3 heterocycles. The van der Waals surface area contributed by atoms with E-state index in [1.807, 2.05) is 6.07 Å². The monoisotopic (exact) mass is 411 g/mol. The summed E-state index contributed by atoms with van der Waals surface area (Å²) in [6, 6.07) is 8.14. The summed E-state index contributed by atoms with van der Waals surface area (Å²) in [5.41, 5.74) is 1.67. The van der Waals surface area contributed by atoms with Crippen LogP contribution in [0.5, 0.6) is 11.5 Å². The summed E-state index contributed by atoms with van der Waals surface area (Å²) in [7, 11) is 0. The van der Waals surface area contributed by atoms with Gasteiger partial charge in [0.25, 0.3) is 5.91 Å². The molecule has 0 bridgehead atoms. The average Bonchev–Trinajstić information content (AvgIpc) is 3.11. The van der Waals surface area contributed by atoms with Crippen molar-refractivity contribution in [2.24, 2.45) is 11.8 Å². The Kier molecular flexibility index (Phi) is 5.15. The van der Waals surface area contributed by atoms with Crippen molar-refractivity contribution in [3.8, 4) is 11.5 Å². The van der Waals surface area contributed by atoms with Crippen molar-refractivity contribution < 1.29 is 18.8 Å². The largest absolute Gasteiger partial charge is 0.454 e. The van der Waals surface area contributed by atoms with Crippen molar-refractivity contribution in [3.63, 3.8) is 0 Å². The number of nitrogens with zero attached hydrogens (tertiary/aromatic N) is 2. The van der Waals surface area contributed by atoms with Gasteiger partial charge < -0.3 is 24.2 Å². The highest BCUT2D eigenvalue weighted by Gasteiger charge is 2.33. The number of ether oxygens (including phenoxy) is 2. The molecule has 2 aromatic rings. The molecule has 2 aliphatic heterocycles. The highest BCUT2D eigenvalue weighted by atomic mass is 16.7. The highest BCUT2D eigenvalue weighted by Crippen LogP contribution is 2.40. The number of benzene rings is 1. The minimum Gasteiger partial charge on any atom is -0.454 e. The zero-order chi connectivity index (χ0) is 20.7. The lowest BCUT2D eigenvalue weighted by Gasteiger charge is -2.21. The van der Waals surface area contributed by atoms with E-state index in [9.17, 15) is 4.79 Å². The van der Waals surface area contributed by atoms with Crippen LogP contribution in [0.3, 0.4) is 0 Å². The van der Waals surface area contributed by atoms with Crippen LogP contribution in [0.4, 0.5) is 0 Å². The van der Waals surface area contributed by atoms with Gasteiger partial charge in [-0.25, -0.2) is 0 Å². The molecular formula is C23H29N3O4. The van der Waals surface area contributed by atoms with E-state index < -0.39 is 0 Å². The number of carbonyl (C=O) groups excluding carboxylic acids is 1. The van der Waals surface area contributed by atoms with E-state index in [0.29, 0.717) is 30.2 Å². The molecule has 1 saturated heterocycles. The van der Waals surface area contributed by atoms with Gasteiger partial charge in [-0.1, -0.05) is 25.1 Å². The van der Waals surface area contributed by atoms with E-state index in [0.717, 1.165) is 56.2 Å². The number of fused-ring (bicyclic) bond motifs is 1. The fraction of sp³-hybridized carbons (Fsp3) is 0.565. The van der Waals surface area contributed by atoms with Crippen LogP contribution in [0.25, 0.3) is 0 Å². The summed E-state index contributed by atoms with van der Waals surface area (Å²) >= 11 is 0. The van der Waals surface area contributed by atoms with Gasteiger partial charge in [0, 0.05) is 37.7 Å². The number of nitrogens with one attached hydrogen (secondary N) is 1. The fourth-order valence-electron chi connectivity index (χ4n) is 4.58. The van der Waals surface area contributed by atoms with Gasteiger partial charge in [0.15, 0.2) is 17.2 Å². The third-order valence-electron chi connectivity index (χ3n) is 6.34. The van der Waals surface area contributed by atoms with Crippen LogP contribution in [0.15, 0.2) is 28.8 Å².